The van der Waals surface area contributed by atoms with E-state index in [1.54, 1.807) is 4.90 Å². The van der Waals surface area contributed by atoms with Crippen LogP contribution in [0.25, 0.3) is 10.8 Å². The van der Waals surface area contributed by atoms with Gasteiger partial charge < -0.3 is 10.2 Å². The average molecular weight is 350 g/mol. The van der Waals surface area contributed by atoms with Crippen molar-refractivity contribution in [3.05, 3.63) is 48.0 Å². The number of rotatable bonds is 4. The van der Waals surface area contributed by atoms with Crippen LogP contribution >= 0.6 is 0 Å². The molecule has 1 aliphatic heterocycles. The van der Waals surface area contributed by atoms with Gasteiger partial charge in [-0.05, 0) is 16.3 Å². The number of hydrogen-bond donors (Lipinski definition) is 1. The van der Waals surface area contributed by atoms with E-state index in [4.69, 9.17) is 0 Å². The molecule has 2 aromatic rings. The lowest BCUT2D eigenvalue weighted by Crippen LogP contribution is -2.38. The highest BCUT2D eigenvalue weighted by Crippen LogP contribution is 2.23. The second-order valence-corrected chi connectivity index (χ2v) is 6.17. The molecule has 0 bridgehead atoms. The lowest BCUT2D eigenvalue weighted by atomic mass is 10.0. The van der Waals surface area contributed by atoms with Gasteiger partial charge in [0.1, 0.15) is 6.42 Å². The molecule has 4 nitrogen and oxygen atoms in total. The van der Waals surface area contributed by atoms with Crippen molar-refractivity contribution in [3.8, 4) is 0 Å². The van der Waals surface area contributed by atoms with Crippen LogP contribution in [0.5, 0.6) is 0 Å². The number of benzene rings is 2. The van der Waals surface area contributed by atoms with Crippen molar-refractivity contribution in [3.63, 3.8) is 0 Å². The highest BCUT2D eigenvalue weighted by molar-refractivity contribution is 5.87. The molecular weight excluding hydrogens is 333 g/mol. The number of carbonyl (C=O) groups excluding carboxylic acids is 2. The van der Waals surface area contributed by atoms with E-state index in [9.17, 15) is 22.8 Å². The number of amides is 2. The van der Waals surface area contributed by atoms with Gasteiger partial charge in [-0.25, -0.2) is 0 Å². The Morgan fingerprint density at radius 2 is 1.88 bits per heavy atom. The van der Waals surface area contributed by atoms with E-state index in [-0.39, 0.29) is 18.9 Å². The van der Waals surface area contributed by atoms with Gasteiger partial charge in [-0.15, -0.1) is 0 Å². The summed E-state index contributed by atoms with van der Waals surface area (Å²) in [5.41, 5.74) is 0.966. The predicted octanol–water partition coefficient (Wildman–Crippen LogP) is 3.01. The summed E-state index contributed by atoms with van der Waals surface area (Å²) in [5.74, 6) is -1.28. The molecule has 1 atom stereocenters. The maximum Gasteiger partial charge on any atom is 0.397 e. The first-order valence-electron chi connectivity index (χ1n) is 7.92. The van der Waals surface area contributed by atoms with Gasteiger partial charge in [0.15, 0.2) is 0 Å². The largest absolute Gasteiger partial charge is 0.397 e. The van der Waals surface area contributed by atoms with Crippen molar-refractivity contribution in [2.24, 2.45) is 0 Å². The molecule has 1 heterocycles. The fourth-order valence-electron chi connectivity index (χ4n) is 3.12. The SMILES string of the molecule is O=C(CC(F)(F)F)N[C@H]1CC(=O)N(Cc2cccc3ccccc23)C1. The van der Waals surface area contributed by atoms with E-state index in [0.717, 1.165) is 16.3 Å². The number of alkyl halides is 3. The van der Waals surface area contributed by atoms with Crippen LogP contribution in [0, 0.1) is 0 Å². The second-order valence-electron chi connectivity index (χ2n) is 6.17. The summed E-state index contributed by atoms with van der Waals surface area (Å²) in [5, 5.41) is 4.38. The molecule has 2 aromatic carbocycles. The lowest BCUT2D eigenvalue weighted by molar-refractivity contribution is -0.154. The molecule has 25 heavy (non-hydrogen) atoms. The Morgan fingerprint density at radius 3 is 2.64 bits per heavy atom. The number of likely N-dealkylation sites (tertiary alicyclic amines) is 1. The Morgan fingerprint density at radius 1 is 1.16 bits per heavy atom. The third-order valence-corrected chi connectivity index (χ3v) is 4.18. The number of hydrogen-bond acceptors (Lipinski definition) is 2. The van der Waals surface area contributed by atoms with Gasteiger partial charge in [0.25, 0.3) is 0 Å². The van der Waals surface area contributed by atoms with Crippen LogP contribution in [0.2, 0.25) is 0 Å². The second kappa shape index (κ2) is 6.74. The molecule has 7 heteroatoms. The van der Waals surface area contributed by atoms with Crippen molar-refractivity contribution in [1.29, 1.82) is 0 Å². The Bertz CT molecular complexity index is 799. The maximum atomic E-state index is 12.2. The molecule has 132 valence electrons. The molecule has 0 saturated carbocycles. The molecule has 0 unspecified atom stereocenters. The topological polar surface area (TPSA) is 49.4 Å². The Labute approximate surface area is 142 Å². The zero-order valence-electron chi connectivity index (χ0n) is 13.3. The van der Waals surface area contributed by atoms with E-state index >= 15 is 0 Å². The smallest absolute Gasteiger partial charge is 0.351 e. The minimum absolute atomic E-state index is 0.0222. The summed E-state index contributed by atoms with van der Waals surface area (Å²) in [6.07, 6.45) is -6.05. The quantitative estimate of drug-likeness (QED) is 0.922. The van der Waals surface area contributed by atoms with E-state index in [1.807, 2.05) is 42.5 Å². The zero-order chi connectivity index (χ0) is 18.0. The normalized spacial score (nSPS) is 18.0. The number of carbonyl (C=O) groups is 2. The number of nitrogens with one attached hydrogen (secondary N) is 1. The predicted molar refractivity (Wildman–Crippen MR) is 86.6 cm³/mol. The van der Waals surface area contributed by atoms with E-state index in [0.29, 0.717) is 6.54 Å². The van der Waals surface area contributed by atoms with Crippen LogP contribution in [-0.4, -0.2) is 35.5 Å². The summed E-state index contributed by atoms with van der Waals surface area (Å²) in [4.78, 5) is 25.1. The summed E-state index contributed by atoms with van der Waals surface area (Å²) in [7, 11) is 0. The van der Waals surface area contributed by atoms with E-state index < -0.39 is 24.5 Å². The summed E-state index contributed by atoms with van der Waals surface area (Å²) >= 11 is 0. The summed E-state index contributed by atoms with van der Waals surface area (Å²) < 4.78 is 36.7. The minimum atomic E-state index is -4.55. The van der Waals surface area contributed by atoms with Gasteiger partial charge in [-0.2, -0.15) is 13.2 Å². The monoisotopic (exact) mass is 350 g/mol. The number of halogens is 3. The van der Waals surface area contributed by atoms with Crippen molar-refractivity contribution in [1.82, 2.24) is 10.2 Å². The van der Waals surface area contributed by atoms with Gasteiger partial charge in [-0.1, -0.05) is 42.5 Å². The van der Waals surface area contributed by atoms with Crippen LogP contribution in [0.15, 0.2) is 42.5 Å². The van der Waals surface area contributed by atoms with Gasteiger partial charge in [0.05, 0.1) is 6.04 Å². The molecule has 0 aromatic heterocycles. The van der Waals surface area contributed by atoms with Crippen LogP contribution < -0.4 is 5.32 Å². The molecule has 0 aliphatic carbocycles. The van der Waals surface area contributed by atoms with Gasteiger partial charge in [-0.3, -0.25) is 9.59 Å². The van der Waals surface area contributed by atoms with Gasteiger partial charge >= 0.3 is 6.18 Å². The number of fused-ring (bicyclic) bond motifs is 1. The Balaban J connectivity index is 1.66. The zero-order valence-corrected chi connectivity index (χ0v) is 13.3. The van der Waals surface area contributed by atoms with E-state index in [1.165, 1.54) is 0 Å². The molecule has 1 N–H and O–H groups in total. The molecule has 3 rings (SSSR count). The fourth-order valence-corrected chi connectivity index (χ4v) is 3.12. The molecule has 0 radical (unpaired) electrons. The van der Waals surface area contributed by atoms with Crippen molar-refractivity contribution >= 4 is 22.6 Å². The molecule has 2 amide bonds. The standard InChI is InChI=1S/C18H17F3N2O2/c19-18(20,21)9-16(24)22-14-8-17(25)23(11-14)10-13-6-3-5-12-4-1-2-7-15(12)13/h1-7,14H,8-11H2,(H,22,24)/t14-/m0/s1. The summed E-state index contributed by atoms with van der Waals surface area (Å²) in [6.45, 7) is 0.581. The molecule has 1 aliphatic rings. The van der Waals surface area contributed by atoms with E-state index in [2.05, 4.69) is 5.32 Å². The maximum absolute atomic E-state index is 12.2. The lowest BCUT2D eigenvalue weighted by Gasteiger charge is -2.18. The molecule has 1 saturated heterocycles. The first-order valence-corrected chi connectivity index (χ1v) is 7.92. The van der Waals surface area contributed by atoms with Crippen LogP contribution in [0.4, 0.5) is 13.2 Å². The van der Waals surface area contributed by atoms with Gasteiger partial charge in [0, 0.05) is 19.5 Å². The highest BCUT2D eigenvalue weighted by atomic mass is 19.4. The third-order valence-electron chi connectivity index (χ3n) is 4.18. The number of nitrogens with zero attached hydrogens (tertiary/aromatic N) is 1. The van der Waals surface area contributed by atoms with Gasteiger partial charge in [0.2, 0.25) is 11.8 Å². The minimum Gasteiger partial charge on any atom is -0.351 e. The Kier molecular flexibility index (Phi) is 4.65. The average Bonchev–Trinajstić information content (AvgIpc) is 2.85. The first kappa shape index (κ1) is 17.3. The third kappa shape index (κ3) is 4.29. The molecule has 1 fully saturated rings. The van der Waals surface area contributed by atoms with Crippen molar-refractivity contribution < 1.29 is 22.8 Å². The van der Waals surface area contributed by atoms with Crippen molar-refractivity contribution in [2.75, 3.05) is 6.54 Å². The van der Waals surface area contributed by atoms with Crippen LogP contribution in [0.3, 0.4) is 0 Å². The summed E-state index contributed by atoms with van der Waals surface area (Å²) in [6, 6.07) is 13.0. The molecule has 0 spiro atoms. The first-order chi connectivity index (χ1) is 11.8. The van der Waals surface area contributed by atoms with Crippen LogP contribution in [-0.2, 0) is 16.1 Å². The highest BCUT2D eigenvalue weighted by Gasteiger charge is 2.35. The fraction of sp³-hybridized carbons (Fsp3) is 0.333. The molecular formula is C18H17F3N2O2. The van der Waals surface area contributed by atoms with Crippen molar-refractivity contribution in [2.45, 2.75) is 31.6 Å². The van der Waals surface area contributed by atoms with Crippen LogP contribution in [0.1, 0.15) is 18.4 Å². The Hall–Kier alpha value is -2.57.